The summed E-state index contributed by atoms with van der Waals surface area (Å²) in [5.41, 5.74) is 0. The predicted molar refractivity (Wildman–Crippen MR) is 72.1 cm³/mol. The molecule has 2 heteroatoms. The molecule has 0 saturated carbocycles. The number of benzene rings is 2. The van der Waals surface area contributed by atoms with Crippen LogP contribution in [0.4, 0.5) is 0 Å². The number of hydrogen-bond donors (Lipinski definition) is 1. The maximum absolute atomic E-state index is 9.11. The van der Waals surface area contributed by atoms with Crippen molar-refractivity contribution >= 4 is 21.7 Å². The summed E-state index contributed by atoms with van der Waals surface area (Å²) in [5, 5.41) is 11.7. The zero-order valence-corrected chi connectivity index (χ0v) is 10.3. The van der Waals surface area contributed by atoms with Crippen molar-refractivity contribution in [1.82, 2.24) is 0 Å². The Balaban J connectivity index is 2.50. The fourth-order valence-corrected chi connectivity index (χ4v) is 3.78. The number of aliphatic hydroxyl groups excluding tert-OH is 1. The second-order valence-electron chi connectivity index (χ2n) is 3.69. The third kappa shape index (κ3) is 2.23. The molecule has 0 radical (unpaired) electrons. The number of fused-ring (bicyclic) bond motifs is 1. The summed E-state index contributed by atoms with van der Waals surface area (Å²) in [6.45, 7) is 2.47. The van der Waals surface area contributed by atoms with Crippen molar-refractivity contribution in [2.45, 2.75) is 11.8 Å². The highest BCUT2D eigenvalue weighted by Crippen LogP contribution is 2.24. The first-order chi connectivity index (χ1) is 7.86. The zero-order chi connectivity index (χ0) is 11.4. The molecule has 0 aliphatic heterocycles. The van der Waals surface area contributed by atoms with Crippen LogP contribution in [0, 0.1) is 0 Å². The molecule has 0 spiro atoms. The molecule has 2 aromatic carbocycles. The van der Waals surface area contributed by atoms with Crippen molar-refractivity contribution < 1.29 is 5.11 Å². The van der Waals surface area contributed by atoms with Gasteiger partial charge in [0.05, 0.1) is 6.61 Å². The summed E-state index contributed by atoms with van der Waals surface area (Å²) in [7, 11) is 0.181. The molecule has 0 saturated heterocycles. The summed E-state index contributed by atoms with van der Waals surface area (Å²) >= 11 is 0. The van der Waals surface area contributed by atoms with Crippen LogP contribution in [-0.2, 0) is 10.9 Å². The first kappa shape index (κ1) is 11.5. The lowest BCUT2D eigenvalue weighted by Crippen LogP contribution is -2.13. The Bertz CT molecular complexity index is 462. The molecule has 16 heavy (non-hydrogen) atoms. The molecule has 2 rings (SSSR count). The van der Waals surface area contributed by atoms with Crippen LogP contribution in [0.25, 0.3) is 10.8 Å². The summed E-state index contributed by atoms with van der Waals surface area (Å²) in [6, 6.07) is 14.9. The first-order valence-electron chi connectivity index (χ1n) is 5.63. The third-order valence-electron chi connectivity index (χ3n) is 2.75. The van der Waals surface area contributed by atoms with E-state index in [1.54, 1.807) is 0 Å². The lowest BCUT2D eigenvalue weighted by atomic mass is 10.1. The van der Waals surface area contributed by atoms with Gasteiger partial charge in [0.1, 0.15) is 11.5 Å². The summed E-state index contributed by atoms with van der Waals surface area (Å²) in [4.78, 5) is 1.40. The molecule has 2 aromatic rings. The molecule has 1 N–H and O–H groups in total. The van der Waals surface area contributed by atoms with Crippen LogP contribution in [0.15, 0.2) is 47.4 Å². The topological polar surface area (TPSA) is 20.2 Å². The molecule has 1 atom stereocenters. The molecule has 1 nitrogen and oxygen atoms in total. The lowest BCUT2D eigenvalue weighted by Gasteiger charge is -2.07. The van der Waals surface area contributed by atoms with Gasteiger partial charge in [0.2, 0.25) is 0 Å². The lowest BCUT2D eigenvalue weighted by molar-refractivity contribution is 0.322. The Morgan fingerprint density at radius 1 is 1.06 bits per heavy atom. The van der Waals surface area contributed by atoms with Crippen molar-refractivity contribution in [3.8, 4) is 0 Å². The minimum Gasteiger partial charge on any atom is -0.391 e. The number of aliphatic hydroxyl groups is 1. The van der Waals surface area contributed by atoms with Gasteiger partial charge in [0.15, 0.2) is 4.90 Å². The normalized spacial score (nSPS) is 12.9. The van der Waals surface area contributed by atoms with Crippen LogP contribution in [0.1, 0.15) is 6.92 Å². The van der Waals surface area contributed by atoms with Crippen molar-refractivity contribution in [3.63, 3.8) is 0 Å². The van der Waals surface area contributed by atoms with Crippen LogP contribution in [-0.4, -0.2) is 23.2 Å². The molecule has 1 unspecified atom stereocenters. The molecule has 0 aromatic heterocycles. The summed E-state index contributed by atoms with van der Waals surface area (Å²) in [5.74, 6) is 1.99. The van der Waals surface area contributed by atoms with E-state index in [-0.39, 0.29) is 17.5 Å². The van der Waals surface area contributed by atoms with Crippen LogP contribution >= 0.6 is 0 Å². The van der Waals surface area contributed by atoms with E-state index in [1.165, 1.54) is 15.7 Å². The highest BCUT2D eigenvalue weighted by molar-refractivity contribution is 7.97. The van der Waals surface area contributed by atoms with E-state index in [0.717, 1.165) is 11.5 Å². The smallest absolute Gasteiger partial charge is 0.162 e. The van der Waals surface area contributed by atoms with Crippen molar-refractivity contribution in [2.75, 3.05) is 18.1 Å². The molecule has 0 bridgehead atoms. The van der Waals surface area contributed by atoms with E-state index >= 15 is 0 Å². The maximum atomic E-state index is 9.11. The molecular weight excluding hydrogens is 216 g/mol. The highest BCUT2D eigenvalue weighted by atomic mass is 32.2. The average Bonchev–Trinajstić information content (AvgIpc) is 2.35. The average molecular weight is 233 g/mol. The van der Waals surface area contributed by atoms with Crippen LogP contribution in [0.5, 0.6) is 0 Å². The standard InChI is InChI=1S/C14H17OS/c1-2-16(11-10-15)14-9-5-7-12-6-3-4-8-13(12)14/h3-9,15H,2,10-11H2,1H3/q+1. The quantitative estimate of drug-likeness (QED) is 0.805. The Kier molecular flexibility index (Phi) is 3.86. The summed E-state index contributed by atoms with van der Waals surface area (Å²) < 4.78 is 0. The fourth-order valence-electron chi connectivity index (χ4n) is 1.97. The van der Waals surface area contributed by atoms with E-state index in [4.69, 9.17) is 5.11 Å². The zero-order valence-electron chi connectivity index (χ0n) is 9.52. The van der Waals surface area contributed by atoms with Crippen molar-refractivity contribution in [1.29, 1.82) is 0 Å². The van der Waals surface area contributed by atoms with E-state index in [9.17, 15) is 0 Å². The van der Waals surface area contributed by atoms with Crippen molar-refractivity contribution in [3.05, 3.63) is 42.5 Å². The van der Waals surface area contributed by atoms with Gasteiger partial charge in [0, 0.05) is 16.3 Å². The predicted octanol–water partition coefficient (Wildman–Crippen LogP) is 2.83. The van der Waals surface area contributed by atoms with E-state index in [1.807, 2.05) is 0 Å². The van der Waals surface area contributed by atoms with Gasteiger partial charge in [0.25, 0.3) is 0 Å². The monoisotopic (exact) mass is 233 g/mol. The molecule has 0 heterocycles. The number of rotatable bonds is 4. The minimum absolute atomic E-state index is 0.181. The van der Waals surface area contributed by atoms with Gasteiger partial charge in [-0.15, -0.1) is 0 Å². The minimum atomic E-state index is 0.181. The SMILES string of the molecule is CC[S+](CCO)c1cccc2ccccc12. The molecule has 0 aliphatic carbocycles. The van der Waals surface area contributed by atoms with Crippen molar-refractivity contribution in [2.24, 2.45) is 0 Å². The molecule has 0 aliphatic rings. The Morgan fingerprint density at radius 2 is 1.81 bits per heavy atom. The first-order valence-corrected chi connectivity index (χ1v) is 7.19. The van der Waals surface area contributed by atoms with Crippen LogP contribution in [0.2, 0.25) is 0 Å². The van der Waals surface area contributed by atoms with Gasteiger partial charge in [-0.3, -0.25) is 0 Å². The molecule has 0 amide bonds. The Morgan fingerprint density at radius 3 is 2.56 bits per heavy atom. The van der Waals surface area contributed by atoms with Gasteiger partial charge in [-0.25, -0.2) is 0 Å². The molecule has 84 valence electrons. The Hall–Kier alpha value is -0.990. The number of hydrogen-bond acceptors (Lipinski definition) is 1. The van der Waals surface area contributed by atoms with Gasteiger partial charge < -0.3 is 5.11 Å². The van der Waals surface area contributed by atoms with E-state index < -0.39 is 0 Å². The van der Waals surface area contributed by atoms with E-state index in [0.29, 0.717) is 0 Å². The maximum Gasteiger partial charge on any atom is 0.162 e. The summed E-state index contributed by atoms with van der Waals surface area (Å²) in [6.07, 6.45) is 0. The van der Waals surface area contributed by atoms with Gasteiger partial charge >= 0.3 is 0 Å². The highest BCUT2D eigenvalue weighted by Gasteiger charge is 2.20. The van der Waals surface area contributed by atoms with Crippen LogP contribution < -0.4 is 0 Å². The van der Waals surface area contributed by atoms with Crippen LogP contribution in [0.3, 0.4) is 0 Å². The van der Waals surface area contributed by atoms with Gasteiger partial charge in [-0.1, -0.05) is 30.3 Å². The van der Waals surface area contributed by atoms with Gasteiger partial charge in [-0.2, -0.15) is 0 Å². The molecule has 0 fully saturated rings. The van der Waals surface area contributed by atoms with E-state index in [2.05, 4.69) is 49.4 Å². The third-order valence-corrected chi connectivity index (χ3v) is 5.10. The fraction of sp³-hybridized carbons (Fsp3) is 0.286. The largest absolute Gasteiger partial charge is 0.391 e. The second kappa shape index (κ2) is 5.37. The second-order valence-corrected chi connectivity index (χ2v) is 6.10. The van der Waals surface area contributed by atoms with Gasteiger partial charge in [-0.05, 0) is 24.4 Å². The Labute approximate surface area is 99.5 Å². The molecular formula is C14H17OS+.